The summed E-state index contributed by atoms with van der Waals surface area (Å²) in [5, 5.41) is 0.728. The number of amides is 4. The highest BCUT2D eigenvalue weighted by atomic mass is 19.4. The molecule has 10 heteroatoms. The van der Waals surface area contributed by atoms with Crippen LogP contribution in [0.2, 0.25) is 0 Å². The van der Waals surface area contributed by atoms with E-state index in [4.69, 9.17) is 0 Å². The van der Waals surface area contributed by atoms with E-state index in [-0.39, 0.29) is 12.0 Å². The molecule has 4 amide bonds. The molecule has 2 aromatic rings. The van der Waals surface area contributed by atoms with Gasteiger partial charge < -0.3 is 0 Å². The Bertz CT molecular complexity index is 1020. The molecule has 0 saturated carbocycles. The lowest BCUT2D eigenvalue weighted by Crippen LogP contribution is -2.54. The van der Waals surface area contributed by atoms with Crippen molar-refractivity contribution in [1.29, 1.82) is 0 Å². The normalized spacial score (nSPS) is 16.4. The summed E-state index contributed by atoms with van der Waals surface area (Å²) in [6.45, 7) is 1.49. The zero-order valence-electron chi connectivity index (χ0n) is 16.3. The summed E-state index contributed by atoms with van der Waals surface area (Å²) in [4.78, 5) is 50.8. The highest BCUT2D eigenvalue weighted by Gasteiger charge is 2.47. The Balaban J connectivity index is 1.93. The van der Waals surface area contributed by atoms with Gasteiger partial charge in [0.25, 0.3) is 11.8 Å². The molecule has 1 N–H and O–H groups in total. The monoisotopic (exact) mass is 433 g/mol. The predicted molar refractivity (Wildman–Crippen MR) is 103 cm³/mol. The number of hydrogen-bond acceptors (Lipinski definition) is 4. The molecule has 1 heterocycles. The number of alkyl halides is 3. The molecule has 1 atom stereocenters. The first-order valence-corrected chi connectivity index (χ1v) is 9.36. The number of benzene rings is 2. The minimum atomic E-state index is -4.80. The molecule has 1 aliphatic rings. The van der Waals surface area contributed by atoms with Crippen molar-refractivity contribution in [2.45, 2.75) is 32.0 Å². The maximum absolute atomic E-state index is 13.4. The fourth-order valence-corrected chi connectivity index (χ4v) is 3.23. The molecule has 3 rings (SSSR count). The average Bonchev–Trinajstić information content (AvgIpc) is 3.04. The smallest absolute Gasteiger partial charge is 0.274 e. The van der Waals surface area contributed by atoms with E-state index in [1.54, 1.807) is 18.2 Å². The molecule has 1 fully saturated rings. The van der Waals surface area contributed by atoms with Crippen LogP contribution in [0.4, 0.5) is 18.9 Å². The lowest BCUT2D eigenvalue weighted by atomic mass is 10.1. The molecule has 0 bridgehead atoms. The summed E-state index contributed by atoms with van der Waals surface area (Å²) < 4.78 is 40.2. The molecule has 2 aromatic carbocycles. The number of carbonyl (C=O) groups is 4. The second kappa shape index (κ2) is 8.58. The van der Waals surface area contributed by atoms with Crippen LogP contribution >= 0.6 is 0 Å². The molecule has 1 saturated heterocycles. The van der Waals surface area contributed by atoms with Crippen molar-refractivity contribution in [3.63, 3.8) is 0 Å². The van der Waals surface area contributed by atoms with Crippen LogP contribution in [-0.2, 0) is 20.6 Å². The predicted octanol–water partition coefficient (Wildman–Crippen LogP) is 2.92. The SMILES string of the molecule is CCC(=O)N(NC(=O)c1ccccc1)C1CC(=O)N(c2ccccc2C(F)(F)F)C1=O. The third-order valence-corrected chi connectivity index (χ3v) is 4.71. The van der Waals surface area contributed by atoms with E-state index < -0.39 is 53.5 Å². The number of anilines is 1. The van der Waals surface area contributed by atoms with Crippen molar-refractivity contribution in [1.82, 2.24) is 10.4 Å². The number of nitrogens with one attached hydrogen (secondary N) is 1. The molecule has 0 radical (unpaired) electrons. The molecule has 1 unspecified atom stereocenters. The minimum Gasteiger partial charge on any atom is -0.274 e. The second-order valence-electron chi connectivity index (χ2n) is 6.73. The van der Waals surface area contributed by atoms with E-state index in [2.05, 4.69) is 5.43 Å². The molecule has 162 valence electrons. The summed E-state index contributed by atoms with van der Waals surface area (Å²) >= 11 is 0. The number of para-hydroxylation sites is 1. The Hall–Kier alpha value is -3.69. The van der Waals surface area contributed by atoms with Gasteiger partial charge in [0.15, 0.2) is 0 Å². The summed E-state index contributed by atoms with van der Waals surface area (Å²) in [6, 6.07) is 10.6. The van der Waals surface area contributed by atoms with Crippen molar-refractivity contribution >= 4 is 29.3 Å². The fraction of sp³-hybridized carbons (Fsp3) is 0.238. The number of hydrazine groups is 1. The number of halogens is 3. The third-order valence-electron chi connectivity index (χ3n) is 4.71. The van der Waals surface area contributed by atoms with Crippen LogP contribution in [0.15, 0.2) is 54.6 Å². The van der Waals surface area contributed by atoms with Gasteiger partial charge in [-0.3, -0.25) is 24.6 Å². The van der Waals surface area contributed by atoms with Gasteiger partial charge in [-0.05, 0) is 24.3 Å². The maximum atomic E-state index is 13.4. The van der Waals surface area contributed by atoms with Crippen molar-refractivity contribution in [2.24, 2.45) is 0 Å². The van der Waals surface area contributed by atoms with Crippen LogP contribution in [0, 0.1) is 0 Å². The van der Waals surface area contributed by atoms with E-state index in [0.717, 1.165) is 23.2 Å². The summed E-state index contributed by atoms with van der Waals surface area (Å²) in [7, 11) is 0. The topological polar surface area (TPSA) is 86.8 Å². The van der Waals surface area contributed by atoms with Crippen LogP contribution in [-0.4, -0.2) is 34.7 Å². The molecular weight excluding hydrogens is 415 g/mol. The van der Waals surface area contributed by atoms with Gasteiger partial charge in [0.2, 0.25) is 11.8 Å². The van der Waals surface area contributed by atoms with Gasteiger partial charge in [0.05, 0.1) is 17.7 Å². The maximum Gasteiger partial charge on any atom is 0.418 e. The van der Waals surface area contributed by atoms with Crippen LogP contribution in [0.1, 0.15) is 35.7 Å². The number of nitrogens with zero attached hydrogens (tertiary/aromatic N) is 2. The van der Waals surface area contributed by atoms with Gasteiger partial charge in [-0.15, -0.1) is 0 Å². The third kappa shape index (κ3) is 4.42. The van der Waals surface area contributed by atoms with E-state index in [0.29, 0.717) is 4.90 Å². The molecule has 31 heavy (non-hydrogen) atoms. The van der Waals surface area contributed by atoms with Gasteiger partial charge in [-0.25, -0.2) is 9.91 Å². The number of hydrogen-bond donors (Lipinski definition) is 1. The number of imide groups is 1. The fourth-order valence-electron chi connectivity index (χ4n) is 3.23. The standard InChI is InChI=1S/C21H18F3N3O4/c1-2-17(28)27(25-19(30)13-8-4-3-5-9-13)16-12-18(29)26(20(16)31)15-11-7-6-10-14(15)21(22,23)24/h3-11,16H,2,12H2,1H3,(H,25,30). The second-order valence-corrected chi connectivity index (χ2v) is 6.73. The van der Waals surface area contributed by atoms with Gasteiger partial charge in [-0.2, -0.15) is 13.2 Å². The summed E-state index contributed by atoms with van der Waals surface area (Å²) in [5.74, 6) is -3.30. The van der Waals surface area contributed by atoms with Crippen molar-refractivity contribution < 1.29 is 32.3 Å². The molecule has 1 aliphatic heterocycles. The lowest BCUT2D eigenvalue weighted by Gasteiger charge is -2.28. The quantitative estimate of drug-likeness (QED) is 0.594. The summed E-state index contributed by atoms with van der Waals surface area (Å²) in [5.41, 5.74) is 0.745. The Morgan fingerprint density at radius 3 is 2.29 bits per heavy atom. The Labute approximate surface area is 175 Å². The van der Waals surface area contributed by atoms with Gasteiger partial charge in [-0.1, -0.05) is 37.3 Å². The number of rotatable bonds is 4. The first-order chi connectivity index (χ1) is 14.6. The zero-order chi connectivity index (χ0) is 22.8. The van der Waals surface area contributed by atoms with E-state index in [1.165, 1.54) is 25.1 Å². The largest absolute Gasteiger partial charge is 0.418 e. The van der Waals surface area contributed by atoms with Crippen LogP contribution in [0.5, 0.6) is 0 Å². The van der Waals surface area contributed by atoms with Gasteiger partial charge >= 0.3 is 6.18 Å². The van der Waals surface area contributed by atoms with E-state index in [9.17, 15) is 32.3 Å². The molecule has 7 nitrogen and oxygen atoms in total. The number of carbonyl (C=O) groups excluding carboxylic acids is 4. The van der Waals surface area contributed by atoms with E-state index in [1.807, 2.05) is 0 Å². The highest BCUT2D eigenvalue weighted by Crippen LogP contribution is 2.38. The van der Waals surface area contributed by atoms with Crippen LogP contribution < -0.4 is 10.3 Å². The van der Waals surface area contributed by atoms with Crippen LogP contribution in [0.25, 0.3) is 0 Å². The molecule has 0 spiro atoms. The van der Waals surface area contributed by atoms with Crippen LogP contribution in [0.3, 0.4) is 0 Å². The lowest BCUT2D eigenvalue weighted by molar-refractivity contribution is -0.141. The molecular formula is C21H18F3N3O4. The average molecular weight is 433 g/mol. The minimum absolute atomic E-state index is 0.105. The van der Waals surface area contributed by atoms with E-state index >= 15 is 0 Å². The Morgan fingerprint density at radius 1 is 1.06 bits per heavy atom. The van der Waals surface area contributed by atoms with Gasteiger partial charge in [0.1, 0.15) is 6.04 Å². The van der Waals surface area contributed by atoms with Gasteiger partial charge in [0, 0.05) is 12.0 Å². The van der Waals surface area contributed by atoms with Crippen molar-refractivity contribution in [3.05, 3.63) is 65.7 Å². The first kappa shape index (κ1) is 22.0. The Kier molecular flexibility index (Phi) is 6.09. The van der Waals surface area contributed by atoms with Crippen molar-refractivity contribution in [3.8, 4) is 0 Å². The Morgan fingerprint density at radius 2 is 1.68 bits per heavy atom. The highest BCUT2D eigenvalue weighted by molar-refractivity contribution is 6.23. The molecule has 0 aromatic heterocycles. The first-order valence-electron chi connectivity index (χ1n) is 9.36. The molecule has 0 aliphatic carbocycles. The summed E-state index contributed by atoms with van der Waals surface area (Å²) in [6.07, 6.45) is -5.46. The zero-order valence-corrected chi connectivity index (χ0v) is 16.3. The van der Waals surface area contributed by atoms with Crippen molar-refractivity contribution in [2.75, 3.05) is 4.90 Å².